The molecule has 2 heterocycles. The molecule has 9 heteroatoms. The smallest absolute Gasteiger partial charge is 0.258 e. The second-order valence-corrected chi connectivity index (χ2v) is 6.63. The number of nitrogens with zero attached hydrogens (tertiary/aromatic N) is 4. The van der Waals surface area contributed by atoms with Crippen LogP contribution in [0.3, 0.4) is 0 Å². The quantitative estimate of drug-likeness (QED) is 0.527. The van der Waals surface area contributed by atoms with Gasteiger partial charge in [0.2, 0.25) is 11.7 Å². The standard InChI is InChI=1S/C21H17F2N5O2/c1-13-25-18(20-26-21(30-27-20)15-4-8-17(23)9-5-15)11-28(13)12-19(29)24-10-14-2-6-16(22)7-3-14/h2-9,11H,10,12H2,1H3,(H,24,29). The third-order valence-electron chi connectivity index (χ3n) is 4.44. The average molecular weight is 409 g/mol. The van der Waals surface area contributed by atoms with Crippen molar-refractivity contribution in [2.24, 2.45) is 0 Å². The summed E-state index contributed by atoms with van der Waals surface area (Å²) in [6.07, 6.45) is 1.66. The highest BCUT2D eigenvalue weighted by Gasteiger charge is 2.16. The van der Waals surface area contributed by atoms with Crippen LogP contribution in [0.5, 0.6) is 0 Å². The van der Waals surface area contributed by atoms with Crippen LogP contribution in [0.15, 0.2) is 59.3 Å². The van der Waals surface area contributed by atoms with Crippen LogP contribution in [0.25, 0.3) is 23.0 Å². The van der Waals surface area contributed by atoms with Crippen molar-refractivity contribution in [1.82, 2.24) is 25.0 Å². The summed E-state index contributed by atoms with van der Waals surface area (Å²) in [5.74, 6) is 0.222. The second-order valence-electron chi connectivity index (χ2n) is 6.63. The van der Waals surface area contributed by atoms with Crippen molar-refractivity contribution >= 4 is 5.91 Å². The first-order chi connectivity index (χ1) is 14.5. The first-order valence-electron chi connectivity index (χ1n) is 9.13. The minimum Gasteiger partial charge on any atom is -0.350 e. The van der Waals surface area contributed by atoms with Crippen LogP contribution in [0.4, 0.5) is 8.78 Å². The van der Waals surface area contributed by atoms with Gasteiger partial charge >= 0.3 is 0 Å². The van der Waals surface area contributed by atoms with Crippen molar-refractivity contribution in [2.45, 2.75) is 20.0 Å². The molecule has 0 aliphatic heterocycles. The summed E-state index contributed by atoms with van der Waals surface area (Å²) in [6.45, 7) is 2.12. The van der Waals surface area contributed by atoms with Crippen LogP contribution in [-0.4, -0.2) is 25.6 Å². The average Bonchev–Trinajstić information content (AvgIpc) is 3.36. The fourth-order valence-corrected chi connectivity index (χ4v) is 2.83. The SMILES string of the molecule is Cc1nc(-c2noc(-c3ccc(F)cc3)n2)cn1CC(=O)NCc1ccc(F)cc1. The molecule has 0 fully saturated rings. The lowest BCUT2D eigenvalue weighted by Gasteiger charge is -2.07. The highest BCUT2D eigenvalue weighted by atomic mass is 19.1. The molecule has 152 valence electrons. The summed E-state index contributed by atoms with van der Waals surface area (Å²) in [5, 5.41) is 6.70. The van der Waals surface area contributed by atoms with Gasteiger partial charge in [0.1, 0.15) is 29.7 Å². The number of hydrogen-bond acceptors (Lipinski definition) is 5. The lowest BCUT2D eigenvalue weighted by atomic mass is 10.2. The van der Waals surface area contributed by atoms with Gasteiger partial charge in [-0.2, -0.15) is 4.98 Å². The number of carbonyl (C=O) groups is 1. The summed E-state index contributed by atoms with van der Waals surface area (Å²) < 4.78 is 32.9. The van der Waals surface area contributed by atoms with E-state index in [4.69, 9.17) is 4.52 Å². The number of hydrogen-bond donors (Lipinski definition) is 1. The number of benzene rings is 2. The third kappa shape index (κ3) is 4.40. The van der Waals surface area contributed by atoms with Crippen molar-refractivity contribution in [3.05, 3.63) is 77.8 Å². The number of nitrogens with one attached hydrogen (secondary N) is 1. The molecule has 4 aromatic rings. The predicted octanol–water partition coefficient (Wildman–Crippen LogP) is 3.50. The molecule has 2 aromatic carbocycles. The van der Waals surface area contributed by atoms with Crippen molar-refractivity contribution < 1.29 is 18.1 Å². The predicted molar refractivity (Wildman–Crippen MR) is 104 cm³/mol. The number of halogens is 2. The second kappa shape index (κ2) is 8.24. The molecule has 0 saturated carbocycles. The van der Waals surface area contributed by atoms with E-state index in [1.807, 2.05) is 0 Å². The van der Waals surface area contributed by atoms with Crippen LogP contribution in [0.1, 0.15) is 11.4 Å². The van der Waals surface area contributed by atoms with Gasteiger partial charge in [-0.15, -0.1) is 0 Å². The molecule has 0 radical (unpaired) electrons. The topological polar surface area (TPSA) is 85.8 Å². The van der Waals surface area contributed by atoms with Crippen molar-refractivity contribution in [3.8, 4) is 23.0 Å². The van der Waals surface area contributed by atoms with Gasteiger partial charge in [-0.3, -0.25) is 4.79 Å². The fraction of sp³-hybridized carbons (Fsp3) is 0.143. The number of amides is 1. The highest BCUT2D eigenvalue weighted by Crippen LogP contribution is 2.22. The number of aryl methyl sites for hydroxylation is 1. The van der Waals surface area contributed by atoms with Crippen LogP contribution in [0.2, 0.25) is 0 Å². The van der Waals surface area contributed by atoms with E-state index < -0.39 is 0 Å². The van der Waals surface area contributed by atoms with Gasteiger partial charge in [0.05, 0.1) is 0 Å². The van der Waals surface area contributed by atoms with E-state index in [0.29, 0.717) is 23.6 Å². The first-order valence-corrected chi connectivity index (χ1v) is 9.13. The Morgan fingerprint density at radius 3 is 2.40 bits per heavy atom. The highest BCUT2D eigenvalue weighted by molar-refractivity contribution is 5.76. The number of carbonyl (C=O) groups excluding carboxylic acids is 1. The molecule has 0 atom stereocenters. The molecule has 7 nitrogen and oxygen atoms in total. The molecule has 30 heavy (non-hydrogen) atoms. The Bertz CT molecular complexity index is 1170. The molecule has 2 aromatic heterocycles. The Morgan fingerprint density at radius 1 is 1.03 bits per heavy atom. The number of imidazole rings is 1. The first kappa shape index (κ1) is 19.4. The molecule has 0 unspecified atom stereocenters. The maximum absolute atomic E-state index is 13.1. The maximum atomic E-state index is 13.1. The Balaban J connectivity index is 1.42. The minimum absolute atomic E-state index is 0.0582. The number of aromatic nitrogens is 4. The van der Waals surface area contributed by atoms with Gasteiger partial charge in [-0.1, -0.05) is 17.3 Å². The van der Waals surface area contributed by atoms with Crippen LogP contribution >= 0.6 is 0 Å². The monoisotopic (exact) mass is 409 g/mol. The Hall–Kier alpha value is -3.88. The van der Waals surface area contributed by atoms with E-state index >= 15 is 0 Å². The molecule has 0 aliphatic rings. The van der Waals surface area contributed by atoms with Gasteiger partial charge < -0.3 is 14.4 Å². The third-order valence-corrected chi connectivity index (χ3v) is 4.44. The lowest BCUT2D eigenvalue weighted by molar-refractivity contribution is -0.121. The summed E-state index contributed by atoms with van der Waals surface area (Å²) >= 11 is 0. The van der Waals surface area contributed by atoms with Gasteiger partial charge in [0.25, 0.3) is 5.89 Å². The molecular formula is C21H17F2N5O2. The maximum Gasteiger partial charge on any atom is 0.258 e. The Morgan fingerprint density at radius 2 is 1.70 bits per heavy atom. The van der Waals surface area contributed by atoms with Crippen molar-refractivity contribution in [1.29, 1.82) is 0 Å². The van der Waals surface area contributed by atoms with E-state index in [-0.39, 0.29) is 35.8 Å². The molecule has 0 bridgehead atoms. The van der Waals surface area contributed by atoms with E-state index in [9.17, 15) is 13.6 Å². The Labute approximate surface area is 170 Å². The van der Waals surface area contributed by atoms with E-state index in [1.165, 1.54) is 24.3 Å². The molecular weight excluding hydrogens is 392 g/mol. The zero-order valence-corrected chi connectivity index (χ0v) is 16.0. The van der Waals surface area contributed by atoms with Crippen molar-refractivity contribution in [2.75, 3.05) is 0 Å². The zero-order chi connectivity index (χ0) is 21.1. The summed E-state index contributed by atoms with van der Waals surface area (Å²) in [6, 6.07) is 11.6. The summed E-state index contributed by atoms with van der Waals surface area (Å²) in [5.41, 5.74) is 1.84. The van der Waals surface area contributed by atoms with Crippen LogP contribution < -0.4 is 5.32 Å². The van der Waals surface area contributed by atoms with Crippen LogP contribution in [-0.2, 0) is 17.9 Å². The zero-order valence-electron chi connectivity index (χ0n) is 16.0. The summed E-state index contributed by atoms with van der Waals surface area (Å²) in [4.78, 5) is 20.9. The molecule has 1 amide bonds. The molecule has 0 saturated heterocycles. The Kier molecular flexibility index (Phi) is 5.34. The van der Waals surface area contributed by atoms with Crippen LogP contribution in [0, 0.1) is 18.6 Å². The van der Waals surface area contributed by atoms with Crippen molar-refractivity contribution in [3.63, 3.8) is 0 Å². The molecule has 0 aliphatic carbocycles. The van der Waals surface area contributed by atoms with E-state index in [2.05, 4.69) is 20.4 Å². The molecule has 4 rings (SSSR count). The largest absolute Gasteiger partial charge is 0.350 e. The normalized spacial score (nSPS) is 10.9. The fourth-order valence-electron chi connectivity index (χ4n) is 2.83. The van der Waals surface area contributed by atoms with Gasteiger partial charge in [0, 0.05) is 18.3 Å². The molecule has 1 N–H and O–H groups in total. The molecule has 0 spiro atoms. The lowest BCUT2D eigenvalue weighted by Crippen LogP contribution is -2.27. The van der Waals surface area contributed by atoms with Gasteiger partial charge in [0.15, 0.2) is 0 Å². The van der Waals surface area contributed by atoms with E-state index in [1.54, 1.807) is 42.0 Å². The van der Waals surface area contributed by atoms with Gasteiger partial charge in [-0.25, -0.2) is 13.8 Å². The summed E-state index contributed by atoms with van der Waals surface area (Å²) in [7, 11) is 0. The minimum atomic E-state index is -0.356. The number of rotatable bonds is 6. The van der Waals surface area contributed by atoms with E-state index in [0.717, 1.165) is 5.56 Å². The van der Waals surface area contributed by atoms with Gasteiger partial charge in [-0.05, 0) is 48.9 Å².